The van der Waals surface area contributed by atoms with Crippen molar-refractivity contribution in [3.8, 4) is 5.75 Å². The number of benzene rings is 1. The van der Waals surface area contributed by atoms with Gasteiger partial charge >= 0.3 is 0 Å². The number of ether oxygens (including phenoxy) is 1. The molecule has 2 fully saturated rings. The summed E-state index contributed by atoms with van der Waals surface area (Å²) in [6, 6.07) is 7.14. The van der Waals surface area contributed by atoms with Crippen molar-refractivity contribution in [2.24, 2.45) is 0 Å². The lowest BCUT2D eigenvalue weighted by Crippen LogP contribution is -2.32. The van der Waals surface area contributed by atoms with E-state index in [9.17, 15) is 0 Å². The van der Waals surface area contributed by atoms with E-state index in [1.807, 2.05) is 0 Å². The van der Waals surface area contributed by atoms with E-state index in [1.54, 1.807) is 0 Å². The molecule has 0 bridgehead atoms. The molecule has 0 spiro atoms. The average molecular weight is 331 g/mol. The van der Waals surface area contributed by atoms with Gasteiger partial charge in [-0.15, -0.1) is 0 Å². The van der Waals surface area contributed by atoms with Gasteiger partial charge in [0.05, 0.1) is 6.10 Å². The summed E-state index contributed by atoms with van der Waals surface area (Å²) >= 11 is 0. The number of hydrogen-bond acceptors (Lipinski definition) is 3. The van der Waals surface area contributed by atoms with E-state index in [4.69, 9.17) is 4.74 Å². The summed E-state index contributed by atoms with van der Waals surface area (Å²) in [7, 11) is 0. The second kappa shape index (κ2) is 8.75. The van der Waals surface area contributed by atoms with Gasteiger partial charge in [-0.25, -0.2) is 0 Å². The normalized spacial score (nSPS) is 19.7. The van der Waals surface area contributed by atoms with Crippen LogP contribution in [0.4, 0.5) is 5.69 Å². The molecule has 1 N–H and O–H groups in total. The molecule has 1 aromatic rings. The number of rotatable bonds is 6. The van der Waals surface area contributed by atoms with Crippen LogP contribution in [0.1, 0.15) is 70.8 Å². The van der Waals surface area contributed by atoms with Gasteiger partial charge in [0, 0.05) is 36.9 Å². The van der Waals surface area contributed by atoms with E-state index in [1.165, 1.54) is 75.7 Å². The molecule has 24 heavy (non-hydrogen) atoms. The van der Waals surface area contributed by atoms with Gasteiger partial charge in [0.25, 0.3) is 0 Å². The lowest BCUT2D eigenvalue weighted by atomic mass is 9.97. The first-order valence-electron chi connectivity index (χ1n) is 10.0. The summed E-state index contributed by atoms with van der Waals surface area (Å²) in [5.41, 5.74) is 2.75. The summed E-state index contributed by atoms with van der Waals surface area (Å²) in [6.45, 7) is 7.69. The van der Waals surface area contributed by atoms with Crippen LogP contribution in [0.15, 0.2) is 18.2 Å². The molecule has 0 unspecified atom stereocenters. The molecule has 134 valence electrons. The van der Waals surface area contributed by atoms with Crippen LogP contribution in [0.25, 0.3) is 0 Å². The Labute approximate surface area is 147 Å². The van der Waals surface area contributed by atoms with E-state index in [0.29, 0.717) is 12.1 Å². The molecular weight excluding hydrogens is 296 g/mol. The highest BCUT2D eigenvalue weighted by Gasteiger charge is 2.21. The van der Waals surface area contributed by atoms with E-state index in [0.717, 1.165) is 12.3 Å². The van der Waals surface area contributed by atoms with E-state index in [-0.39, 0.29) is 0 Å². The molecular formula is C21H34N2O. The van der Waals surface area contributed by atoms with Crippen molar-refractivity contribution < 1.29 is 4.74 Å². The maximum atomic E-state index is 6.48. The standard InChI is InChI=1S/C21H34N2O/c1-17(2)22-16-19-20(23-14-7-4-8-15-23)12-9-13-21(19)24-18-10-5-3-6-11-18/h9,12-13,17-18,22H,3-8,10-11,14-16H2,1-2H3. The molecule has 1 aliphatic heterocycles. The Bertz CT molecular complexity index is 503. The molecule has 0 radical (unpaired) electrons. The minimum absolute atomic E-state index is 0.410. The minimum Gasteiger partial charge on any atom is -0.490 e. The first-order valence-corrected chi connectivity index (χ1v) is 10.0. The zero-order valence-electron chi connectivity index (χ0n) is 15.5. The lowest BCUT2D eigenvalue weighted by molar-refractivity contribution is 0.153. The van der Waals surface area contributed by atoms with Gasteiger partial charge in [0.2, 0.25) is 0 Å². The van der Waals surface area contributed by atoms with Gasteiger partial charge in [-0.1, -0.05) is 26.3 Å². The highest BCUT2D eigenvalue weighted by atomic mass is 16.5. The maximum absolute atomic E-state index is 6.48. The minimum atomic E-state index is 0.410. The van der Waals surface area contributed by atoms with Crippen LogP contribution < -0.4 is 15.0 Å². The van der Waals surface area contributed by atoms with Crippen molar-refractivity contribution in [1.29, 1.82) is 0 Å². The van der Waals surface area contributed by atoms with Gasteiger partial charge in [-0.05, 0) is 57.1 Å². The smallest absolute Gasteiger partial charge is 0.126 e. The number of hydrogen-bond donors (Lipinski definition) is 1. The summed E-state index contributed by atoms with van der Waals surface area (Å²) in [5, 5.41) is 3.61. The topological polar surface area (TPSA) is 24.5 Å². The number of anilines is 1. The van der Waals surface area contributed by atoms with E-state index < -0.39 is 0 Å². The zero-order chi connectivity index (χ0) is 16.8. The van der Waals surface area contributed by atoms with Crippen molar-refractivity contribution in [1.82, 2.24) is 5.32 Å². The Kier molecular flexibility index (Phi) is 6.42. The number of nitrogens with zero attached hydrogens (tertiary/aromatic N) is 1. The van der Waals surface area contributed by atoms with Crippen molar-refractivity contribution in [2.75, 3.05) is 18.0 Å². The fraction of sp³-hybridized carbons (Fsp3) is 0.714. The molecule has 3 heteroatoms. The monoisotopic (exact) mass is 330 g/mol. The zero-order valence-corrected chi connectivity index (χ0v) is 15.5. The second-order valence-electron chi connectivity index (χ2n) is 7.72. The van der Waals surface area contributed by atoms with Crippen LogP contribution in [0.2, 0.25) is 0 Å². The Morgan fingerprint density at radius 3 is 2.46 bits per heavy atom. The van der Waals surface area contributed by atoms with Gasteiger partial charge < -0.3 is 15.0 Å². The van der Waals surface area contributed by atoms with Gasteiger partial charge in [0.1, 0.15) is 5.75 Å². The predicted octanol–water partition coefficient (Wildman–Crippen LogP) is 4.89. The van der Waals surface area contributed by atoms with E-state index >= 15 is 0 Å². The highest BCUT2D eigenvalue weighted by molar-refractivity contribution is 5.59. The Morgan fingerprint density at radius 2 is 1.75 bits per heavy atom. The van der Waals surface area contributed by atoms with Gasteiger partial charge in [-0.2, -0.15) is 0 Å². The third kappa shape index (κ3) is 4.66. The van der Waals surface area contributed by atoms with Crippen molar-refractivity contribution in [3.05, 3.63) is 23.8 Å². The summed E-state index contributed by atoms with van der Waals surface area (Å²) in [5.74, 6) is 1.11. The van der Waals surface area contributed by atoms with Gasteiger partial charge in [-0.3, -0.25) is 0 Å². The average Bonchev–Trinajstić information content (AvgIpc) is 2.62. The first-order chi connectivity index (χ1) is 11.7. The number of piperidine rings is 1. The highest BCUT2D eigenvalue weighted by Crippen LogP contribution is 2.33. The maximum Gasteiger partial charge on any atom is 0.126 e. The molecule has 1 aliphatic carbocycles. The molecule has 0 amide bonds. The van der Waals surface area contributed by atoms with Crippen LogP contribution in [-0.4, -0.2) is 25.2 Å². The Hall–Kier alpha value is -1.22. The Morgan fingerprint density at radius 1 is 1.04 bits per heavy atom. The number of nitrogens with one attached hydrogen (secondary N) is 1. The molecule has 3 rings (SSSR count). The third-order valence-corrected chi connectivity index (χ3v) is 5.34. The molecule has 0 aromatic heterocycles. The van der Waals surface area contributed by atoms with Crippen molar-refractivity contribution in [2.45, 2.75) is 83.9 Å². The molecule has 1 heterocycles. The van der Waals surface area contributed by atoms with Crippen LogP contribution >= 0.6 is 0 Å². The molecule has 1 saturated heterocycles. The molecule has 0 atom stereocenters. The molecule has 1 aromatic carbocycles. The van der Waals surface area contributed by atoms with Gasteiger partial charge in [0.15, 0.2) is 0 Å². The largest absolute Gasteiger partial charge is 0.490 e. The molecule has 3 nitrogen and oxygen atoms in total. The van der Waals surface area contributed by atoms with Crippen LogP contribution in [-0.2, 0) is 6.54 Å². The fourth-order valence-corrected chi connectivity index (χ4v) is 3.94. The van der Waals surface area contributed by atoms with Crippen molar-refractivity contribution >= 4 is 5.69 Å². The first kappa shape index (κ1) is 17.6. The third-order valence-electron chi connectivity index (χ3n) is 5.34. The fourth-order valence-electron chi connectivity index (χ4n) is 3.94. The predicted molar refractivity (Wildman–Crippen MR) is 102 cm³/mol. The van der Waals surface area contributed by atoms with E-state index in [2.05, 4.69) is 42.3 Å². The van der Waals surface area contributed by atoms with Crippen LogP contribution in [0.3, 0.4) is 0 Å². The quantitative estimate of drug-likeness (QED) is 0.804. The SMILES string of the molecule is CC(C)NCc1c(OC2CCCCC2)cccc1N1CCCCC1. The summed E-state index contributed by atoms with van der Waals surface area (Å²) in [6.07, 6.45) is 10.8. The molecule has 2 aliphatic rings. The molecule has 1 saturated carbocycles. The van der Waals surface area contributed by atoms with Crippen LogP contribution in [0, 0.1) is 0 Å². The summed E-state index contributed by atoms with van der Waals surface area (Å²) < 4.78 is 6.48. The van der Waals surface area contributed by atoms with Crippen molar-refractivity contribution in [3.63, 3.8) is 0 Å². The Balaban J connectivity index is 1.81. The van der Waals surface area contributed by atoms with Crippen LogP contribution in [0.5, 0.6) is 5.75 Å². The summed E-state index contributed by atoms with van der Waals surface area (Å²) in [4.78, 5) is 2.56. The second-order valence-corrected chi connectivity index (χ2v) is 7.72. The lowest BCUT2D eigenvalue weighted by Gasteiger charge is -2.32.